The van der Waals surface area contributed by atoms with E-state index in [1.165, 1.54) is 6.42 Å². The molecule has 2 amide bonds. The molecule has 3 rings (SSSR count). The van der Waals surface area contributed by atoms with Gasteiger partial charge in [-0.1, -0.05) is 46.8 Å². The van der Waals surface area contributed by atoms with Crippen molar-refractivity contribution in [2.45, 2.75) is 38.1 Å². The van der Waals surface area contributed by atoms with Crippen molar-refractivity contribution < 1.29 is 9.59 Å². The van der Waals surface area contributed by atoms with Crippen molar-refractivity contribution in [3.8, 4) is 0 Å². The molecule has 7 heteroatoms. The smallest absolute Gasteiger partial charge is 0.253 e. The summed E-state index contributed by atoms with van der Waals surface area (Å²) in [7, 11) is 0. The van der Waals surface area contributed by atoms with Crippen LogP contribution in [0.1, 0.15) is 42.5 Å². The Morgan fingerprint density at radius 2 is 1.68 bits per heavy atom. The molecule has 0 spiro atoms. The molecule has 1 saturated carbocycles. The first-order valence-electron chi connectivity index (χ1n) is 9.41. The number of rotatable bonds is 6. The van der Waals surface area contributed by atoms with E-state index in [4.69, 9.17) is 11.6 Å². The molecule has 148 valence electrons. The summed E-state index contributed by atoms with van der Waals surface area (Å²) in [5.74, 6) is -0.342. The minimum atomic E-state index is -0.175. The van der Waals surface area contributed by atoms with Gasteiger partial charge in [0.1, 0.15) is 0 Å². The Balaban J connectivity index is 1.56. The Labute approximate surface area is 178 Å². The Hall–Kier alpha value is -2.05. The predicted octanol–water partition coefficient (Wildman–Crippen LogP) is 5.22. The summed E-state index contributed by atoms with van der Waals surface area (Å²) in [6, 6.07) is 12.7. The zero-order valence-electron chi connectivity index (χ0n) is 15.4. The highest BCUT2D eigenvalue weighted by Gasteiger charge is 2.18. The third kappa shape index (κ3) is 5.97. The highest BCUT2D eigenvalue weighted by molar-refractivity contribution is 9.10. The van der Waals surface area contributed by atoms with Crippen LogP contribution in [0.4, 0.5) is 11.4 Å². The summed E-state index contributed by atoms with van der Waals surface area (Å²) in [6.45, 7) is 0.0847. The van der Waals surface area contributed by atoms with Gasteiger partial charge in [0.15, 0.2) is 0 Å². The van der Waals surface area contributed by atoms with E-state index in [9.17, 15) is 9.59 Å². The quantitative estimate of drug-likeness (QED) is 0.549. The second-order valence-electron chi connectivity index (χ2n) is 6.91. The van der Waals surface area contributed by atoms with Gasteiger partial charge in [-0.3, -0.25) is 9.59 Å². The number of benzene rings is 2. The molecule has 0 saturated heterocycles. The van der Waals surface area contributed by atoms with Gasteiger partial charge in [-0.25, -0.2) is 0 Å². The number of anilines is 2. The van der Waals surface area contributed by atoms with Crippen LogP contribution in [-0.2, 0) is 4.79 Å². The van der Waals surface area contributed by atoms with Gasteiger partial charge in [0.2, 0.25) is 5.91 Å². The molecule has 0 unspecified atom stereocenters. The minimum absolute atomic E-state index is 0.0847. The van der Waals surface area contributed by atoms with E-state index < -0.39 is 0 Å². The number of carbonyl (C=O) groups is 2. The van der Waals surface area contributed by atoms with Gasteiger partial charge in [0, 0.05) is 21.9 Å². The lowest BCUT2D eigenvalue weighted by Gasteiger charge is -2.23. The van der Waals surface area contributed by atoms with E-state index in [1.54, 1.807) is 18.2 Å². The Morgan fingerprint density at radius 3 is 2.39 bits per heavy atom. The van der Waals surface area contributed by atoms with Gasteiger partial charge in [0.05, 0.1) is 17.1 Å². The summed E-state index contributed by atoms with van der Waals surface area (Å²) < 4.78 is 0.948. The maximum Gasteiger partial charge on any atom is 0.253 e. The van der Waals surface area contributed by atoms with E-state index in [0.717, 1.165) is 35.8 Å². The van der Waals surface area contributed by atoms with Gasteiger partial charge in [-0.15, -0.1) is 0 Å². The summed E-state index contributed by atoms with van der Waals surface area (Å²) in [6.07, 6.45) is 5.55. The first-order valence-corrected chi connectivity index (χ1v) is 10.6. The summed E-state index contributed by atoms with van der Waals surface area (Å²) in [4.78, 5) is 24.7. The molecule has 0 aromatic heterocycles. The SMILES string of the molecule is O=C(CNc1ccc(Cl)c(C(=O)NC2CCCCC2)c1)Nc1ccc(Br)cc1. The lowest BCUT2D eigenvalue weighted by atomic mass is 9.95. The molecule has 0 radical (unpaired) electrons. The van der Waals surface area contributed by atoms with E-state index in [2.05, 4.69) is 31.9 Å². The zero-order valence-corrected chi connectivity index (χ0v) is 17.8. The fraction of sp³-hybridized carbons (Fsp3) is 0.333. The Kier molecular flexibility index (Phi) is 7.34. The third-order valence-electron chi connectivity index (χ3n) is 4.73. The molecule has 2 aromatic carbocycles. The molecule has 2 aromatic rings. The second kappa shape index (κ2) is 9.94. The number of nitrogens with one attached hydrogen (secondary N) is 3. The van der Waals surface area contributed by atoms with E-state index in [1.807, 2.05) is 24.3 Å². The van der Waals surface area contributed by atoms with E-state index in [0.29, 0.717) is 16.3 Å². The van der Waals surface area contributed by atoms with Crippen LogP contribution < -0.4 is 16.0 Å². The number of carbonyl (C=O) groups excluding carboxylic acids is 2. The number of hydrogen-bond donors (Lipinski definition) is 3. The van der Waals surface area contributed by atoms with Crippen LogP contribution in [0.15, 0.2) is 46.9 Å². The topological polar surface area (TPSA) is 70.2 Å². The average molecular weight is 465 g/mol. The van der Waals surface area contributed by atoms with Crippen molar-refractivity contribution in [3.05, 3.63) is 57.5 Å². The predicted molar refractivity (Wildman–Crippen MR) is 117 cm³/mol. The average Bonchev–Trinajstić information content (AvgIpc) is 2.70. The van der Waals surface area contributed by atoms with Crippen LogP contribution in [0.3, 0.4) is 0 Å². The van der Waals surface area contributed by atoms with Crippen molar-refractivity contribution in [3.63, 3.8) is 0 Å². The van der Waals surface area contributed by atoms with Crippen LogP contribution in [0, 0.1) is 0 Å². The molecule has 1 aliphatic carbocycles. The van der Waals surface area contributed by atoms with Crippen molar-refractivity contribution in [1.29, 1.82) is 0 Å². The lowest BCUT2D eigenvalue weighted by molar-refractivity contribution is -0.114. The first-order chi connectivity index (χ1) is 13.5. The molecule has 1 fully saturated rings. The fourth-order valence-corrected chi connectivity index (χ4v) is 3.71. The summed E-state index contributed by atoms with van der Waals surface area (Å²) in [5.41, 5.74) is 1.81. The summed E-state index contributed by atoms with van der Waals surface area (Å²) in [5, 5.41) is 9.33. The molecule has 5 nitrogen and oxygen atoms in total. The normalized spacial score (nSPS) is 14.4. The maximum absolute atomic E-state index is 12.6. The summed E-state index contributed by atoms with van der Waals surface area (Å²) >= 11 is 9.58. The van der Waals surface area contributed by atoms with Crippen LogP contribution >= 0.6 is 27.5 Å². The van der Waals surface area contributed by atoms with Crippen LogP contribution in [0.25, 0.3) is 0 Å². The molecule has 0 aliphatic heterocycles. The Morgan fingerprint density at radius 1 is 1.00 bits per heavy atom. The number of hydrogen-bond acceptors (Lipinski definition) is 3. The van der Waals surface area contributed by atoms with Crippen LogP contribution in [-0.4, -0.2) is 24.4 Å². The number of amides is 2. The first kappa shape index (κ1) is 20.7. The van der Waals surface area contributed by atoms with Gasteiger partial charge in [0.25, 0.3) is 5.91 Å². The number of halogens is 2. The van der Waals surface area contributed by atoms with Gasteiger partial charge in [-0.2, -0.15) is 0 Å². The molecule has 0 bridgehead atoms. The highest BCUT2D eigenvalue weighted by Crippen LogP contribution is 2.23. The van der Waals surface area contributed by atoms with Gasteiger partial charge >= 0.3 is 0 Å². The van der Waals surface area contributed by atoms with Crippen molar-refractivity contribution in [1.82, 2.24) is 5.32 Å². The van der Waals surface area contributed by atoms with Crippen LogP contribution in [0.5, 0.6) is 0 Å². The van der Waals surface area contributed by atoms with E-state index in [-0.39, 0.29) is 24.4 Å². The monoisotopic (exact) mass is 463 g/mol. The minimum Gasteiger partial charge on any atom is -0.376 e. The van der Waals surface area contributed by atoms with Crippen LogP contribution in [0.2, 0.25) is 5.02 Å². The van der Waals surface area contributed by atoms with Crippen molar-refractivity contribution >= 4 is 50.7 Å². The lowest BCUT2D eigenvalue weighted by Crippen LogP contribution is -2.36. The maximum atomic E-state index is 12.6. The van der Waals surface area contributed by atoms with Crippen molar-refractivity contribution in [2.24, 2.45) is 0 Å². The fourth-order valence-electron chi connectivity index (χ4n) is 3.24. The highest BCUT2D eigenvalue weighted by atomic mass is 79.9. The third-order valence-corrected chi connectivity index (χ3v) is 5.59. The molecular formula is C21H23BrClN3O2. The molecule has 0 heterocycles. The largest absolute Gasteiger partial charge is 0.376 e. The molecular weight excluding hydrogens is 442 g/mol. The molecule has 1 aliphatic rings. The molecule has 3 N–H and O–H groups in total. The zero-order chi connectivity index (χ0) is 19.9. The standard InChI is InChI=1S/C21H23BrClN3O2/c22-14-6-8-16(9-7-14)25-20(27)13-24-17-10-11-19(23)18(12-17)21(28)26-15-4-2-1-3-5-15/h6-12,15,24H,1-5,13H2,(H,25,27)(H,26,28). The van der Waals surface area contributed by atoms with Gasteiger partial charge in [-0.05, 0) is 55.3 Å². The van der Waals surface area contributed by atoms with Crippen molar-refractivity contribution in [2.75, 3.05) is 17.2 Å². The Bertz CT molecular complexity index is 836. The van der Waals surface area contributed by atoms with Gasteiger partial charge < -0.3 is 16.0 Å². The molecule has 0 atom stereocenters. The van der Waals surface area contributed by atoms with E-state index >= 15 is 0 Å². The molecule has 28 heavy (non-hydrogen) atoms. The second-order valence-corrected chi connectivity index (χ2v) is 8.23.